The molecule has 0 fully saturated rings. The molecule has 1 heterocycles. The Hall–Kier alpha value is -1.16. The van der Waals surface area contributed by atoms with Crippen LogP contribution in [0, 0.1) is 0 Å². The monoisotopic (exact) mass is 252 g/mol. The standard InChI is InChI=1S/C10H9BrN2O/c1-6(14)7-3-8(11)10-9(4-7)12-5-13(10)2/h3-5H,1-2H3. The lowest BCUT2D eigenvalue weighted by Gasteiger charge is -2.00. The number of rotatable bonds is 1. The highest BCUT2D eigenvalue weighted by molar-refractivity contribution is 9.10. The highest BCUT2D eigenvalue weighted by Crippen LogP contribution is 2.24. The Morgan fingerprint density at radius 1 is 1.50 bits per heavy atom. The molecule has 0 saturated carbocycles. The number of aromatic nitrogens is 2. The van der Waals surface area contributed by atoms with E-state index >= 15 is 0 Å². The van der Waals surface area contributed by atoms with E-state index in [4.69, 9.17) is 0 Å². The van der Waals surface area contributed by atoms with Gasteiger partial charge in [-0.1, -0.05) is 0 Å². The molecule has 0 unspecified atom stereocenters. The van der Waals surface area contributed by atoms with Crippen molar-refractivity contribution in [2.24, 2.45) is 7.05 Å². The van der Waals surface area contributed by atoms with Crippen molar-refractivity contribution >= 4 is 32.7 Å². The first-order chi connectivity index (χ1) is 6.59. The van der Waals surface area contributed by atoms with Crippen molar-refractivity contribution in [3.05, 3.63) is 28.5 Å². The molecule has 2 aromatic rings. The summed E-state index contributed by atoms with van der Waals surface area (Å²) in [6, 6.07) is 3.63. The van der Waals surface area contributed by atoms with E-state index in [-0.39, 0.29) is 5.78 Å². The lowest BCUT2D eigenvalue weighted by Crippen LogP contribution is -1.93. The Kier molecular flexibility index (Phi) is 2.15. The van der Waals surface area contributed by atoms with Gasteiger partial charge < -0.3 is 4.57 Å². The number of hydrogen-bond acceptors (Lipinski definition) is 2. The van der Waals surface area contributed by atoms with Crippen LogP contribution in [0.3, 0.4) is 0 Å². The van der Waals surface area contributed by atoms with Crippen LogP contribution in [0.25, 0.3) is 11.0 Å². The molecule has 0 saturated heterocycles. The lowest BCUT2D eigenvalue weighted by molar-refractivity contribution is 0.101. The number of aryl methyl sites for hydroxylation is 1. The zero-order chi connectivity index (χ0) is 10.3. The summed E-state index contributed by atoms with van der Waals surface area (Å²) in [6.07, 6.45) is 1.74. The third kappa shape index (κ3) is 1.35. The largest absolute Gasteiger partial charge is 0.333 e. The van der Waals surface area contributed by atoms with Crippen molar-refractivity contribution in [1.29, 1.82) is 0 Å². The maximum Gasteiger partial charge on any atom is 0.159 e. The van der Waals surface area contributed by atoms with E-state index in [1.165, 1.54) is 0 Å². The fourth-order valence-corrected chi connectivity index (χ4v) is 2.17. The number of benzene rings is 1. The summed E-state index contributed by atoms with van der Waals surface area (Å²) < 4.78 is 2.82. The van der Waals surface area contributed by atoms with Crippen LogP contribution in [-0.4, -0.2) is 15.3 Å². The Balaban J connectivity index is 2.80. The molecule has 0 amide bonds. The van der Waals surface area contributed by atoms with Crippen LogP contribution < -0.4 is 0 Å². The van der Waals surface area contributed by atoms with E-state index in [9.17, 15) is 4.79 Å². The van der Waals surface area contributed by atoms with Gasteiger partial charge in [-0.05, 0) is 35.0 Å². The number of carbonyl (C=O) groups excluding carboxylic acids is 1. The van der Waals surface area contributed by atoms with E-state index < -0.39 is 0 Å². The van der Waals surface area contributed by atoms with Crippen LogP contribution in [-0.2, 0) is 7.05 Å². The molecule has 14 heavy (non-hydrogen) atoms. The van der Waals surface area contributed by atoms with Gasteiger partial charge >= 0.3 is 0 Å². The van der Waals surface area contributed by atoms with Crippen LogP contribution in [0.1, 0.15) is 17.3 Å². The topological polar surface area (TPSA) is 34.9 Å². The van der Waals surface area contributed by atoms with Crippen LogP contribution in [0.15, 0.2) is 22.9 Å². The van der Waals surface area contributed by atoms with Crippen molar-refractivity contribution in [1.82, 2.24) is 9.55 Å². The van der Waals surface area contributed by atoms with Crippen molar-refractivity contribution in [3.63, 3.8) is 0 Å². The molecule has 0 bridgehead atoms. The van der Waals surface area contributed by atoms with Gasteiger partial charge in [0.25, 0.3) is 0 Å². The molecule has 3 nitrogen and oxygen atoms in total. The van der Waals surface area contributed by atoms with Crippen molar-refractivity contribution in [2.75, 3.05) is 0 Å². The fourth-order valence-electron chi connectivity index (χ4n) is 1.44. The minimum absolute atomic E-state index is 0.0539. The number of ketones is 1. The molecule has 0 aliphatic rings. The Morgan fingerprint density at radius 2 is 2.21 bits per heavy atom. The Bertz CT molecular complexity index is 516. The van der Waals surface area contributed by atoms with Gasteiger partial charge in [0.05, 0.1) is 17.4 Å². The molecule has 1 aromatic heterocycles. The minimum atomic E-state index is 0.0539. The molecule has 0 aliphatic heterocycles. The van der Waals surface area contributed by atoms with E-state index in [0.29, 0.717) is 5.56 Å². The molecule has 0 spiro atoms. The average Bonchev–Trinajstić information content (AvgIpc) is 2.48. The number of fused-ring (bicyclic) bond motifs is 1. The first kappa shape index (κ1) is 9.40. The normalized spacial score (nSPS) is 10.8. The summed E-state index contributed by atoms with van der Waals surface area (Å²) in [5, 5.41) is 0. The first-order valence-corrected chi connectivity index (χ1v) is 5.00. The number of nitrogens with zero attached hydrogens (tertiary/aromatic N) is 2. The minimum Gasteiger partial charge on any atom is -0.333 e. The molecule has 1 aromatic carbocycles. The summed E-state index contributed by atoms with van der Waals surface area (Å²) in [4.78, 5) is 15.4. The predicted molar refractivity (Wildman–Crippen MR) is 58.4 cm³/mol. The summed E-state index contributed by atoms with van der Waals surface area (Å²) in [7, 11) is 1.92. The van der Waals surface area contributed by atoms with Crippen LogP contribution in [0.2, 0.25) is 0 Å². The van der Waals surface area contributed by atoms with Crippen LogP contribution >= 0.6 is 15.9 Å². The van der Waals surface area contributed by atoms with Gasteiger partial charge in [-0.15, -0.1) is 0 Å². The summed E-state index contributed by atoms with van der Waals surface area (Å²) >= 11 is 3.43. The second kappa shape index (κ2) is 3.20. The zero-order valence-corrected chi connectivity index (χ0v) is 9.50. The quantitative estimate of drug-likeness (QED) is 0.732. The molecule has 0 N–H and O–H groups in total. The molecule has 2 rings (SSSR count). The van der Waals surface area contributed by atoms with Crippen molar-refractivity contribution in [3.8, 4) is 0 Å². The highest BCUT2D eigenvalue weighted by Gasteiger charge is 2.08. The Morgan fingerprint density at radius 3 is 2.86 bits per heavy atom. The van der Waals surface area contributed by atoms with Gasteiger partial charge in [0.1, 0.15) is 0 Å². The molecule has 0 atom stereocenters. The number of Topliss-reactive ketones (excluding diaryl/α,β-unsaturated/α-hetero) is 1. The summed E-state index contributed by atoms with van der Waals surface area (Å²) in [6.45, 7) is 1.55. The smallest absolute Gasteiger partial charge is 0.159 e. The second-order valence-corrected chi connectivity index (χ2v) is 4.09. The predicted octanol–water partition coefficient (Wildman–Crippen LogP) is 2.54. The van der Waals surface area contributed by atoms with Gasteiger partial charge in [0.2, 0.25) is 0 Å². The Labute approximate surface area is 89.9 Å². The van der Waals surface area contributed by atoms with E-state index in [2.05, 4.69) is 20.9 Å². The average molecular weight is 253 g/mol. The SMILES string of the molecule is CC(=O)c1cc(Br)c2c(c1)ncn2C. The van der Waals surface area contributed by atoms with Gasteiger partial charge in [-0.2, -0.15) is 0 Å². The third-order valence-electron chi connectivity index (χ3n) is 2.17. The molecule has 72 valence electrons. The molecular formula is C10H9BrN2O. The van der Waals surface area contributed by atoms with Gasteiger partial charge in [-0.3, -0.25) is 4.79 Å². The van der Waals surface area contributed by atoms with Crippen LogP contribution in [0.4, 0.5) is 0 Å². The molecule has 4 heteroatoms. The third-order valence-corrected chi connectivity index (χ3v) is 2.78. The number of halogens is 1. The number of carbonyl (C=O) groups is 1. The van der Waals surface area contributed by atoms with Crippen molar-refractivity contribution < 1.29 is 4.79 Å². The fraction of sp³-hybridized carbons (Fsp3) is 0.200. The van der Waals surface area contributed by atoms with Gasteiger partial charge in [0.15, 0.2) is 5.78 Å². The zero-order valence-electron chi connectivity index (χ0n) is 7.91. The molecule has 0 aliphatic carbocycles. The van der Waals surface area contributed by atoms with Gasteiger partial charge in [-0.25, -0.2) is 4.98 Å². The molecule has 0 radical (unpaired) electrons. The van der Waals surface area contributed by atoms with Crippen molar-refractivity contribution in [2.45, 2.75) is 6.92 Å². The van der Waals surface area contributed by atoms with Gasteiger partial charge in [0, 0.05) is 17.1 Å². The maximum absolute atomic E-state index is 11.2. The maximum atomic E-state index is 11.2. The van der Waals surface area contributed by atoms with Crippen LogP contribution in [0.5, 0.6) is 0 Å². The van der Waals surface area contributed by atoms with E-state index in [1.807, 2.05) is 23.7 Å². The second-order valence-electron chi connectivity index (χ2n) is 3.24. The number of imidazole rings is 1. The van der Waals surface area contributed by atoms with E-state index in [0.717, 1.165) is 15.5 Å². The number of hydrogen-bond donors (Lipinski definition) is 0. The van der Waals surface area contributed by atoms with E-state index in [1.54, 1.807) is 13.3 Å². The first-order valence-electron chi connectivity index (χ1n) is 4.21. The molecular weight excluding hydrogens is 244 g/mol. The summed E-state index contributed by atoms with van der Waals surface area (Å²) in [5.74, 6) is 0.0539. The summed E-state index contributed by atoms with van der Waals surface area (Å²) in [5.41, 5.74) is 2.53. The highest BCUT2D eigenvalue weighted by atomic mass is 79.9. The lowest BCUT2D eigenvalue weighted by atomic mass is 10.1.